The van der Waals surface area contributed by atoms with Crippen molar-refractivity contribution in [2.24, 2.45) is 0 Å². The standard InChI is InChI=1S/C11H17N3O2/c1-8(7-14(2)3)13-10-4-5-12-6-9(10)11(15)16/h4-6,8H,7H2,1-3H3,(H,12,13)(H,15,16). The fraction of sp³-hybridized carbons (Fsp3) is 0.455. The summed E-state index contributed by atoms with van der Waals surface area (Å²) in [6, 6.07) is 1.85. The highest BCUT2D eigenvalue weighted by atomic mass is 16.4. The summed E-state index contributed by atoms with van der Waals surface area (Å²) in [5, 5.41) is 12.1. The molecule has 1 heterocycles. The number of aromatic carboxylic acids is 1. The maximum atomic E-state index is 10.9. The van der Waals surface area contributed by atoms with Gasteiger partial charge in [-0.25, -0.2) is 4.79 Å². The van der Waals surface area contributed by atoms with Crippen molar-refractivity contribution in [3.63, 3.8) is 0 Å². The number of pyridine rings is 1. The van der Waals surface area contributed by atoms with Crippen molar-refractivity contribution < 1.29 is 9.90 Å². The molecular weight excluding hydrogens is 206 g/mol. The van der Waals surface area contributed by atoms with Crippen LogP contribution in [0.1, 0.15) is 17.3 Å². The Morgan fingerprint density at radius 2 is 2.31 bits per heavy atom. The molecule has 0 aliphatic carbocycles. The number of aromatic nitrogens is 1. The number of likely N-dealkylation sites (N-methyl/N-ethyl adjacent to an activating group) is 1. The number of nitrogens with zero attached hydrogens (tertiary/aromatic N) is 2. The molecule has 1 atom stereocenters. The molecule has 0 amide bonds. The highest BCUT2D eigenvalue weighted by Crippen LogP contribution is 2.14. The van der Waals surface area contributed by atoms with Crippen molar-refractivity contribution in [1.29, 1.82) is 0 Å². The summed E-state index contributed by atoms with van der Waals surface area (Å²) in [6.45, 7) is 2.84. The van der Waals surface area contributed by atoms with E-state index in [4.69, 9.17) is 5.11 Å². The summed E-state index contributed by atoms with van der Waals surface area (Å²) in [6.07, 6.45) is 2.93. The van der Waals surface area contributed by atoms with E-state index >= 15 is 0 Å². The van der Waals surface area contributed by atoms with Gasteiger partial charge in [-0.3, -0.25) is 4.98 Å². The molecule has 2 N–H and O–H groups in total. The van der Waals surface area contributed by atoms with Crippen LogP contribution >= 0.6 is 0 Å². The summed E-state index contributed by atoms with van der Waals surface area (Å²) < 4.78 is 0. The van der Waals surface area contributed by atoms with Crippen LogP contribution in [-0.4, -0.2) is 47.6 Å². The number of nitrogens with one attached hydrogen (secondary N) is 1. The zero-order chi connectivity index (χ0) is 12.1. The number of anilines is 1. The Hall–Kier alpha value is -1.62. The molecule has 0 saturated carbocycles. The highest BCUT2D eigenvalue weighted by molar-refractivity contribution is 5.93. The van der Waals surface area contributed by atoms with Gasteiger partial charge in [0.15, 0.2) is 0 Å². The third kappa shape index (κ3) is 3.51. The van der Waals surface area contributed by atoms with Gasteiger partial charge in [0.1, 0.15) is 5.56 Å². The van der Waals surface area contributed by atoms with E-state index in [0.29, 0.717) is 5.69 Å². The van der Waals surface area contributed by atoms with Crippen LogP contribution in [0, 0.1) is 0 Å². The SMILES string of the molecule is CC(CN(C)C)Nc1ccncc1C(=O)O. The summed E-state index contributed by atoms with van der Waals surface area (Å²) in [4.78, 5) is 16.8. The first-order valence-corrected chi connectivity index (χ1v) is 5.09. The monoisotopic (exact) mass is 223 g/mol. The second-order valence-corrected chi connectivity index (χ2v) is 4.03. The van der Waals surface area contributed by atoms with Gasteiger partial charge in [0.25, 0.3) is 0 Å². The largest absolute Gasteiger partial charge is 0.478 e. The molecule has 0 saturated heterocycles. The van der Waals surface area contributed by atoms with Crippen molar-refractivity contribution in [2.45, 2.75) is 13.0 Å². The van der Waals surface area contributed by atoms with Gasteiger partial charge in [-0.2, -0.15) is 0 Å². The molecule has 1 aromatic rings. The van der Waals surface area contributed by atoms with Gasteiger partial charge >= 0.3 is 5.97 Å². The lowest BCUT2D eigenvalue weighted by Gasteiger charge is -2.20. The van der Waals surface area contributed by atoms with E-state index in [9.17, 15) is 4.79 Å². The van der Waals surface area contributed by atoms with Gasteiger partial charge in [-0.05, 0) is 27.1 Å². The van der Waals surface area contributed by atoms with E-state index in [-0.39, 0.29) is 11.6 Å². The maximum Gasteiger partial charge on any atom is 0.339 e. The van der Waals surface area contributed by atoms with Crippen LogP contribution in [0.3, 0.4) is 0 Å². The Bertz CT molecular complexity index is 366. The molecule has 0 radical (unpaired) electrons. The molecule has 16 heavy (non-hydrogen) atoms. The van der Waals surface area contributed by atoms with Gasteiger partial charge in [0.2, 0.25) is 0 Å². The van der Waals surface area contributed by atoms with Crippen LogP contribution in [0.5, 0.6) is 0 Å². The third-order valence-corrected chi connectivity index (χ3v) is 2.09. The average molecular weight is 223 g/mol. The molecule has 0 bridgehead atoms. The minimum Gasteiger partial charge on any atom is -0.478 e. The summed E-state index contributed by atoms with van der Waals surface area (Å²) in [5.41, 5.74) is 0.810. The number of hydrogen-bond donors (Lipinski definition) is 2. The lowest BCUT2D eigenvalue weighted by Crippen LogP contribution is -2.30. The first-order chi connectivity index (χ1) is 7.50. The highest BCUT2D eigenvalue weighted by Gasteiger charge is 2.11. The molecule has 0 spiro atoms. The third-order valence-electron chi connectivity index (χ3n) is 2.09. The molecule has 1 aromatic heterocycles. The maximum absolute atomic E-state index is 10.9. The van der Waals surface area contributed by atoms with Crippen molar-refractivity contribution in [1.82, 2.24) is 9.88 Å². The van der Waals surface area contributed by atoms with Crippen LogP contribution in [-0.2, 0) is 0 Å². The van der Waals surface area contributed by atoms with E-state index in [1.165, 1.54) is 6.20 Å². The van der Waals surface area contributed by atoms with E-state index < -0.39 is 5.97 Å². The fourth-order valence-corrected chi connectivity index (χ4v) is 1.55. The predicted molar refractivity (Wildman–Crippen MR) is 62.8 cm³/mol. The van der Waals surface area contributed by atoms with Gasteiger partial charge in [-0.15, -0.1) is 0 Å². The van der Waals surface area contributed by atoms with Crippen molar-refractivity contribution >= 4 is 11.7 Å². The molecule has 0 aromatic carbocycles. The van der Waals surface area contributed by atoms with Crippen LogP contribution < -0.4 is 5.32 Å². The van der Waals surface area contributed by atoms with Crippen LogP contribution in [0.4, 0.5) is 5.69 Å². The zero-order valence-electron chi connectivity index (χ0n) is 9.77. The van der Waals surface area contributed by atoms with Crippen LogP contribution in [0.2, 0.25) is 0 Å². The Morgan fingerprint density at radius 3 is 2.88 bits per heavy atom. The number of carboxylic acid groups (broad SMARTS) is 1. The fourth-order valence-electron chi connectivity index (χ4n) is 1.55. The lowest BCUT2D eigenvalue weighted by atomic mass is 10.2. The molecule has 0 aliphatic rings. The second-order valence-electron chi connectivity index (χ2n) is 4.03. The minimum atomic E-state index is -0.965. The Kier molecular flexibility index (Phi) is 4.25. The van der Waals surface area contributed by atoms with E-state index in [2.05, 4.69) is 10.3 Å². The van der Waals surface area contributed by atoms with E-state index in [1.54, 1.807) is 12.3 Å². The van der Waals surface area contributed by atoms with Crippen molar-refractivity contribution in [3.8, 4) is 0 Å². The first kappa shape index (κ1) is 12.4. The number of carboxylic acids is 1. The quantitative estimate of drug-likeness (QED) is 0.783. The minimum absolute atomic E-state index is 0.176. The number of carbonyl (C=O) groups is 1. The normalized spacial score (nSPS) is 12.5. The molecule has 1 rings (SSSR count). The van der Waals surface area contributed by atoms with Crippen LogP contribution in [0.15, 0.2) is 18.5 Å². The molecular formula is C11H17N3O2. The van der Waals surface area contributed by atoms with E-state index in [1.807, 2.05) is 25.9 Å². The van der Waals surface area contributed by atoms with E-state index in [0.717, 1.165) is 6.54 Å². The smallest absolute Gasteiger partial charge is 0.339 e. The van der Waals surface area contributed by atoms with Gasteiger partial charge in [0.05, 0.1) is 5.69 Å². The second kappa shape index (κ2) is 5.46. The summed E-state index contributed by atoms with van der Waals surface area (Å²) in [5.74, 6) is -0.965. The molecule has 5 heteroatoms. The summed E-state index contributed by atoms with van der Waals surface area (Å²) >= 11 is 0. The molecule has 5 nitrogen and oxygen atoms in total. The molecule has 88 valence electrons. The number of rotatable bonds is 5. The van der Waals surface area contributed by atoms with Crippen molar-refractivity contribution in [2.75, 3.05) is 26.0 Å². The first-order valence-electron chi connectivity index (χ1n) is 5.09. The Labute approximate surface area is 95.1 Å². The topological polar surface area (TPSA) is 65.5 Å². The summed E-state index contributed by atoms with van der Waals surface area (Å²) in [7, 11) is 3.95. The van der Waals surface area contributed by atoms with Crippen molar-refractivity contribution in [3.05, 3.63) is 24.0 Å². The predicted octanol–water partition coefficient (Wildman–Crippen LogP) is 1.14. The van der Waals surface area contributed by atoms with Crippen LogP contribution in [0.25, 0.3) is 0 Å². The van der Waals surface area contributed by atoms with Gasteiger partial charge < -0.3 is 15.3 Å². The zero-order valence-corrected chi connectivity index (χ0v) is 9.77. The molecule has 0 fully saturated rings. The Morgan fingerprint density at radius 1 is 1.62 bits per heavy atom. The Balaban J connectivity index is 2.76. The average Bonchev–Trinajstić information content (AvgIpc) is 2.16. The molecule has 1 unspecified atom stereocenters. The van der Waals surface area contributed by atoms with Gasteiger partial charge in [0, 0.05) is 25.0 Å². The molecule has 0 aliphatic heterocycles. The van der Waals surface area contributed by atoms with Gasteiger partial charge in [-0.1, -0.05) is 0 Å². The number of hydrogen-bond acceptors (Lipinski definition) is 4. The lowest BCUT2D eigenvalue weighted by molar-refractivity contribution is 0.0697.